The summed E-state index contributed by atoms with van der Waals surface area (Å²) in [4.78, 5) is 19.1. The Morgan fingerprint density at radius 1 is 1.09 bits per heavy atom. The van der Waals surface area contributed by atoms with Crippen molar-refractivity contribution in [1.82, 2.24) is 20.9 Å². The highest BCUT2D eigenvalue weighted by molar-refractivity contribution is 5.94. The van der Waals surface area contributed by atoms with E-state index in [-0.39, 0.29) is 12.0 Å². The van der Waals surface area contributed by atoms with Crippen molar-refractivity contribution < 1.29 is 9.53 Å². The fraction of sp³-hybridized carbons (Fsp3) is 0.440. The Hall–Kier alpha value is -3.06. The van der Waals surface area contributed by atoms with E-state index < -0.39 is 0 Å². The summed E-state index contributed by atoms with van der Waals surface area (Å²) >= 11 is 0. The minimum absolute atomic E-state index is 0.0187. The lowest BCUT2D eigenvalue weighted by molar-refractivity contribution is 0.0951. The van der Waals surface area contributed by atoms with Crippen LogP contribution in [0.15, 0.2) is 53.5 Å². The zero-order valence-corrected chi connectivity index (χ0v) is 19.9. The van der Waals surface area contributed by atoms with Crippen molar-refractivity contribution in [2.45, 2.75) is 33.4 Å². The van der Waals surface area contributed by atoms with Crippen molar-refractivity contribution in [3.63, 3.8) is 0 Å². The van der Waals surface area contributed by atoms with Crippen LogP contribution in [-0.4, -0.2) is 63.1 Å². The van der Waals surface area contributed by atoms with Crippen molar-refractivity contribution in [3.8, 4) is 5.75 Å². The highest BCUT2D eigenvalue weighted by atomic mass is 16.5. The summed E-state index contributed by atoms with van der Waals surface area (Å²) in [6.45, 7) is 9.38. The van der Waals surface area contributed by atoms with E-state index in [9.17, 15) is 4.79 Å². The van der Waals surface area contributed by atoms with E-state index in [4.69, 9.17) is 4.74 Å². The molecular formula is C25H37N5O2. The van der Waals surface area contributed by atoms with E-state index in [0.29, 0.717) is 31.2 Å². The van der Waals surface area contributed by atoms with E-state index in [0.717, 1.165) is 24.4 Å². The van der Waals surface area contributed by atoms with Gasteiger partial charge in [0.1, 0.15) is 11.9 Å². The van der Waals surface area contributed by atoms with Crippen LogP contribution in [0.5, 0.6) is 5.75 Å². The first-order valence-electron chi connectivity index (χ1n) is 11.1. The Morgan fingerprint density at radius 3 is 2.59 bits per heavy atom. The van der Waals surface area contributed by atoms with Crippen LogP contribution in [0, 0.1) is 6.92 Å². The van der Waals surface area contributed by atoms with E-state index in [1.54, 1.807) is 0 Å². The summed E-state index contributed by atoms with van der Waals surface area (Å²) in [6, 6.07) is 15.6. The first-order valence-corrected chi connectivity index (χ1v) is 11.1. The Balaban J connectivity index is 1.91. The molecule has 0 radical (unpaired) electrons. The van der Waals surface area contributed by atoms with Crippen molar-refractivity contribution >= 4 is 11.9 Å². The van der Waals surface area contributed by atoms with E-state index in [1.807, 2.05) is 88.3 Å². The van der Waals surface area contributed by atoms with Gasteiger partial charge in [-0.05, 0) is 70.3 Å². The van der Waals surface area contributed by atoms with Gasteiger partial charge in [0, 0.05) is 25.2 Å². The lowest BCUT2D eigenvalue weighted by Gasteiger charge is -2.18. The highest BCUT2D eigenvalue weighted by Crippen LogP contribution is 2.14. The zero-order chi connectivity index (χ0) is 23.3. The molecule has 0 saturated heterocycles. The summed E-state index contributed by atoms with van der Waals surface area (Å²) < 4.78 is 5.98. The molecule has 0 bridgehead atoms. The van der Waals surface area contributed by atoms with Crippen molar-refractivity contribution in [1.29, 1.82) is 0 Å². The number of nitrogens with one attached hydrogen (secondary N) is 3. The molecule has 0 saturated carbocycles. The van der Waals surface area contributed by atoms with Crippen LogP contribution in [-0.2, 0) is 6.54 Å². The molecule has 2 rings (SSSR count). The molecule has 3 N–H and O–H groups in total. The molecular weight excluding hydrogens is 402 g/mol. The first-order chi connectivity index (χ1) is 15.4. The van der Waals surface area contributed by atoms with Crippen LogP contribution >= 0.6 is 0 Å². The Bertz CT molecular complexity index is 882. The fourth-order valence-corrected chi connectivity index (χ4v) is 3.02. The van der Waals surface area contributed by atoms with Crippen LogP contribution < -0.4 is 20.7 Å². The second-order valence-corrected chi connectivity index (χ2v) is 8.08. The van der Waals surface area contributed by atoms with Crippen LogP contribution in [0.2, 0.25) is 0 Å². The molecule has 2 aromatic carbocycles. The molecule has 1 atom stereocenters. The smallest absolute Gasteiger partial charge is 0.251 e. The number of carbonyl (C=O) groups excluding carboxylic acids is 1. The standard InChI is InChI=1S/C25H37N5O2/c1-6-26-25(28-17-20(3)32-23-12-7-9-19(2)15-23)29-18-21-10-8-11-22(16-21)24(31)27-13-14-30(4)5/h7-12,15-16,20H,6,13-14,17-18H2,1-5H3,(H,27,31)(H2,26,28,29). The van der Waals surface area contributed by atoms with Gasteiger partial charge in [0.2, 0.25) is 0 Å². The zero-order valence-electron chi connectivity index (χ0n) is 19.9. The van der Waals surface area contributed by atoms with Gasteiger partial charge in [0.15, 0.2) is 5.96 Å². The maximum absolute atomic E-state index is 12.4. The molecule has 0 aliphatic heterocycles. The van der Waals surface area contributed by atoms with E-state index in [1.165, 1.54) is 5.56 Å². The molecule has 7 nitrogen and oxygen atoms in total. The third-order valence-electron chi connectivity index (χ3n) is 4.68. The molecule has 7 heteroatoms. The molecule has 174 valence electrons. The van der Waals surface area contributed by atoms with E-state index in [2.05, 4.69) is 20.9 Å². The van der Waals surface area contributed by atoms with Crippen LogP contribution in [0.3, 0.4) is 0 Å². The molecule has 2 aromatic rings. The van der Waals surface area contributed by atoms with E-state index >= 15 is 0 Å². The molecule has 0 spiro atoms. The number of carbonyl (C=O) groups is 1. The van der Waals surface area contributed by atoms with Crippen molar-refractivity contribution in [2.24, 2.45) is 4.99 Å². The molecule has 0 aliphatic rings. The predicted octanol–water partition coefficient (Wildman–Crippen LogP) is 2.81. The summed E-state index contributed by atoms with van der Waals surface area (Å²) in [6.07, 6.45) is -0.0187. The number of aryl methyl sites for hydroxylation is 1. The molecule has 0 aromatic heterocycles. The molecule has 0 aliphatic carbocycles. The number of ether oxygens (including phenoxy) is 1. The largest absolute Gasteiger partial charge is 0.489 e. The highest BCUT2D eigenvalue weighted by Gasteiger charge is 2.08. The number of amides is 1. The summed E-state index contributed by atoms with van der Waals surface area (Å²) in [5.41, 5.74) is 2.80. The maximum Gasteiger partial charge on any atom is 0.251 e. The topological polar surface area (TPSA) is 78.0 Å². The maximum atomic E-state index is 12.4. The number of nitrogens with zero attached hydrogens (tertiary/aromatic N) is 2. The number of likely N-dealkylation sites (N-methyl/N-ethyl adjacent to an activating group) is 1. The van der Waals surface area contributed by atoms with Crippen molar-refractivity contribution in [2.75, 3.05) is 40.3 Å². The second-order valence-electron chi connectivity index (χ2n) is 8.08. The SMILES string of the molecule is CCNC(=NCc1cccc(C(=O)NCCN(C)C)c1)NCC(C)Oc1cccc(C)c1. The number of hydrogen-bond acceptors (Lipinski definition) is 4. The van der Waals surface area contributed by atoms with Gasteiger partial charge in [-0.25, -0.2) is 4.99 Å². The third-order valence-corrected chi connectivity index (χ3v) is 4.68. The van der Waals surface area contributed by atoms with Crippen LogP contribution in [0.1, 0.15) is 35.3 Å². The van der Waals surface area contributed by atoms with Gasteiger partial charge in [0.25, 0.3) is 5.91 Å². The Kier molecular flexibility index (Phi) is 10.5. The average molecular weight is 440 g/mol. The lowest BCUT2D eigenvalue weighted by atomic mass is 10.1. The fourth-order valence-electron chi connectivity index (χ4n) is 3.02. The summed E-state index contributed by atoms with van der Waals surface area (Å²) in [7, 11) is 3.96. The number of rotatable bonds is 11. The van der Waals surface area contributed by atoms with Gasteiger partial charge in [0.05, 0.1) is 13.1 Å². The van der Waals surface area contributed by atoms with Crippen LogP contribution in [0.4, 0.5) is 0 Å². The van der Waals surface area contributed by atoms with Gasteiger partial charge >= 0.3 is 0 Å². The molecule has 1 amide bonds. The second kappa shape index (κ2) is 13.4. The van der Waals surface area contributed by atoms with Gasteiger partial charge in [-0.3, -0.25) is 4.79 Å². The molecule has 32 heavy (non-hydrogen) atoms. The average Bonchev–Trinajstić information content (AvgIpc) is 2.75. The summed E-state index contributed by atoms with van der Waals surface area (Å²) in [5, 5.41) is 9.53. The lowest BCUT2D eigenvalue weighted by Crippen LogP contribution is -2.41. The quantitative estimate of drug-likeness (QED) is 0.371. The van der Waals surface area contributed by atoms with Gasteiger partial charge in [-0.1, -0.05) is 24.3 Å². The third kappa shape index (κ3) is 9.39. The minimum Gasteiger partial charge on any atom is -0.489 e. The van der Waals surface area contributed by atoms with Gasteiger partial charge in [-0.15, -0.1) is 0 Å². The number of aliphatic imine (C=N–C) groups is 1. The van der Waals surface area contributed by atoms with Gasteiger partial charge in [-0.2, -0.15) is 0 Å². The van der Waals surface area contributed by atoms with Crippen LogP contribution in [0.25, 0.3) is 0 Å². The van der Waals surface area contributed by atoms with Crippen molar-refractivity contribution in [3.05, 3.63) is 65.2 Å². The predicted molar refractivity (Wildman–Crippen MR) is 131 cm³/mol. The number of guanidine groups is 1. The number of benzene rings is 2. The molecule has 0 heterocycles. The number of hydrogen-bond donors (Lipinski definition) is 3. The molecule has 1 unspecified atom stereocenters. The first kappa shape index (κ1) is 25.2. The minimum atomic E-state index is -0.0650. The molecule has 0 fully saturated rings. The Labute approximate surface area is 192 Å². The monoisotopic (exact) mass is 439 g/mol. The van der Waals surface area contributed by atoms with Gasteiger partial charge < -0.3 is 25.6 Å². The normalized spacial score (nSPS) is 12.4. The Morgan fingerprint density at radius 2 is 1.88 bits per heavy atom. The summed E-state index contributed by atoms with van der Waals surface area (Å²) in [5.74, 6) is 1.51.